The van der Waals surface area contributed by atoms with Crippen LogP contribution in [0.2, 0.25) is 5.02 Å². The molecule has 0 bridgehead atoms. The second-order valence-corrected chi connectivity index (χ2v) is 9.37. The van der Waals surface area contributed by atoms with Crippen molar-refractivity contribution in [3.8, 4) is 11.7 Å². The molecule has 0 radical (unpaired) electrons. The maximum atomic E-state index is 13.2. The summed E-state index contributed by atoms with van der Waals surface area (Å²) >= 11 is 6.84. The molecule has 0 saturated heterocycles. The second-order valence-electron chi connectivity index (χ2n) is 6.12. The lowest BCUT2D eigenvalue weighted by atomic mass is 10.2. The summed E-state index contributed by atoms with van der Waals surface area (Å²) in [6.07, 6.45) is 1.43. The normalized spacial score (nSPS) is 11.5. The third-order valence-electron chi connectivity index (χ3n) is 4.11. The van der Waals surface area contributed by atoms with Crippen molar-refractivity contribution in [1.82, 2.24) is 4.98 Å². The number of hydrogen-bond acceptors (Lipinski definition) is 7. The van der Waals surface area contributed by atoms with Crippen LogP contribution in [0, 0.1) is 0 Å². The number of thioether (sulfide) groups is 1. The van der Waals surface area contributed by atoms with E-state index in [0.717, 1.165) is 11.8 Å². The number of furan rings is 1. The lowest BCUT2D eigenvalue weighted by Crippen LogP contribution is -2.05. The van der Waals surface area contributed by atoms with Crippen molar-refractivity contribution < 1.29 is 22.0 Å². The molecular formula is C21H14ClNO5S2. The second kappa shape index (κ2) is 8.51. The minimum atomic E-state index is -4.01. The van der Waals surface area contributed by atoms with Gasteiger partial charge in [0.15, 0.2) is 11.5 Å². The van der Waals surface area contributed by atoms with Crippen LogP contribution < -0.4 is 0 Å². The molecule has 0 fully saturated rings. The fourth-order valence-corrected chi connectivity index (χ4v) is 5.17. The van der Waals surface area contributed by atoms with Gasteiger partial charge in [0.05, 0.1) is 16.9 Å². The molecule has 0 amide bonds. The van der Waals surface area contributed by atoms with Crippen LogP contribution in [-0.4, -0.2) is 24.9 Å². The predicted octanol–water partition coefficient (Wildman–Crippen LogP) is 5.40. The SMILES string of the molecule is O=C(CSc1oc(-c2ccco2)nc1S(=O)(=O)c1ccc(Cl)cc1)c1ccccc1. The lowest BCUT2D eigenvalue weighted by molar-refractivity contribution is 0.102. The minimum Gasteiger partial charge on any atom is -0.459 e. The zero-order valence-corrected chi connectivity index (χ0v) is 17.7. The topological polar surface area (TPSA) is 90.4 Å². The van der Waals surface area contributed by atoms with E-state index in [2.05, 4.69) is 4.98 Å². The fraction of sp³-hybridized carbons (Fsp3) is 0.0476. The van der Waals surface area contributed by atoms with E-state index in [1.54, 1.807) is 36.4 Å². The van der Waals surface area contributed by atoms with E-state index in [9.17, 15) is 13.2 Å². The van der Waals surface area contributed by atoms with Crippen molar-refractivity contribution in [2.75, 3.05) is 5.75 Å². The summed E-state index contributed by atoms with van der Waals surface area (Å²) in [6, 6.07) is 17.7. The molecule has 0 N–H and O–H groups in total. The summed E-state index contributed by atoms with van der Waals surface area (Å²) in [5, 5.41) is 0.149. The number of carbonyl (C=O) groups excluding carboxylic acids is 1. The molecule has 2 heterocycles. The third-order valence-corrected chi connectivity index (χ3v) is 7.11. The van der Waals surface area contributed by atoms with Gasteiger partial charge in [0.25, 0.3) is 5.89 Å². The zero-order valence-electron chi connectivity index (χ0n) is 15.3. The number of halogens is 1. The Labute approximate surface area is 181 Å². The molecule has 30 heavy (non-hydrogen) atoms. The van der Waals surface area contributed by atoms with Crippen LogP contribution in [0.4, 0.5) is 0 Å². The molecule has 9 heteroatoms. The Morgan fingerprint density at radius 1 is 1.00 bits per heavy atom. The maximum absolute atomic E-state index is 13.2. The smallest absolute Gasteiger partial charge is 0.265 e. The van der Waals surface area contributed by atoms with Crippen molar-refractivity contribution in [2.24, 2.45) is 0 Å². The van der Waals surface area contributed by atoms with Crippen molar-refractivity contribution in [3.05, 3.63) is 83.6 Å². The molecule has 6 nitrogen and oxygen atoms in total. The van der Waals surface area contributed by atoms with E-state index in [0.29, 0.717) is 10.6 Å². The molecule has 0 aliphatic carbocycles. The van der Waals surface area contributed by atoms with Crippen molar-refractivity contribution >= 4 is 39.0 Å². The average Bonchev–Trinajstić information content (AvgIpc) is 3.43. The summed E-state index contributed by atoms with van der Waals surface area (Å²) in [6.45, 7) is 0. The molecule has 0 spiro atoms. The molecule has 0 saturated carbocycles. The zero-order chi connectivity index (χ0) is 21.1. The molecule has 2 aromatic heterocycles. The van der Waals surface area contributed by atoms with Gasteiger partial charge in [-0.25, -0.2) is 8.42 Å². The lowest BCUT2D eigenvalue weighted by Gasteiger charge is -2.04. The van der Waals surface area contributed by atoms with Gasteiger partial charge in [0.1, 0.15) is 0 Å². The van der Waals surface area contributed by atoms with Crippen LogP contribution in [0.5, 0.6) is 0 Å². The summed E-state index contributed by atoms with van der Waals surface area (Å²) in [5.74, 6) is 0.123. The van der Waals surface area contributed by atoms with E-state index >= 15 is 0 Å². The van der Waals surface area contributed by atoms with Crippen molar-refractivity contribution in [1.29, 1.82) is 0 Å². The van der Waals surface area contributed by atoms with E-state index in [-0.39, 0.29) is 38.2 Å². The van der Waals surface area contributed by atoms with Crippen LogP contribution in [0.15, 0.2) is 96.8 Å². The highest BCUT2D eigenvalue weighted by Gasteiger charge is 2.29. The molecule has 0 atom stereocenters. The largest absolute Gasteiger partial charge is 0.459 e. The first-order valence-electron chi connectivity index (χ1n) is 8.71. The van der Waals surface area contributed by atoms with Gasteiger partial charge in [-0.2, -0.15) is 4.98 Å². The van der Waals surface area contributed by atoms with Crippen LogP contribution >= 0.6 is 23.4 Å². The first-order chi connectivity index (χ1) is 14.4. The molecule has 0 aliphatic rings. The van der Waals surface area contributed by atoms with Gasteiger partial charge in [-0.15, -0.1) is 0 Å². The Hall–Kier alpha value is -2.81. The molecule has 2 aromatic carbocycles. The number of aromatic nitrogens is 1. The Balaban J connectivity index is 1.70. The Bertz CT molecular complexity index is 1260. The van der Waals surface area contributed by atoms with Crippen LogP contribution in [0.25, 0.3) is 11.7 Å². The van der Waals surface area contributed by atoms with Gasteiger partial charge < -0.3 is 8.83 Å². The van der Waals surface area contributed by atoms with E-state index in [4.69, 9.17) is 20.4 Å². The molecule has 0 unspecified atom stereocenters. The number of sulfone groups is 1. The van der Waals surface area contributed by atoms with E-state index < -0.39 is 9.84 Å². The Kier molecular flexibility index (Phi) is 5.80. The highest BCUT2D eigenvalue weighted by atomic mass is 35.5. The van der Waals surface area contributed by atoms with Crippen LogP contribution in [-0.2, 0) is 9.84 Å². The average molecular weight is 460 g/mol. The fourth-order valence-electron chi connectivity index (χ4n) is 2.62. The molecule has 152 valence electrons. The standard InChI is InChI=1S/C21H14ClNO5S2/c22-15-8-10-16(11-9-15)30(25,26)20-21(28-19(23-20)18-7-4-12-27-18)29-13-17(24)14-5-2-1-3-6-14/h1-12H,13H2. The van der Waals surface area contributed by atoms with Gasteiger partial charge in [0, 0.05) is 10.6 Å². The number of benzene rings is 2. The Morgan fingerprint density at radius 2 is 1.73 bits per heavy atom. The summed E-state index contributed by atoms with van der Waals surface area (Å²) < 4.78 is 37.3. The number of rotatable bonds is 7. The van der Waals surface area contributed by atoms with Gasteiger partial charge in [0.2, 0.25) is 20.0 Å². The number of ketones is 1. The van der Waals surface area contributed by atoms with Crippen LogP contribution in [0.3, 0.4) is 0 Å². The molecule has 0 aliphatic heterocycles. The number of hydrogen-bond donors (Lipinski definition) is 0. The quantitative estimate of drug-likeness (QED) is 0.270. The summed E-state index contributed by atoms with van der Waals surface area (Å²) in [7, 11) is -4.01. The number of Topliss-reactive ketones (excluding diaryl/α,β-unsaturated/α-hetero) is 1. The van der Waals surface area contributed by atoms with Gasteiger partial charge in [-0.3, -0.25) is 4.79 Å². The molecule has 4 rings (SSSR count). The number of nitrogens with zero attached hydrogens (tertiary/aromatic N) is 1. The first-order valence-corrected chi connectivity index (χ1v) is 11.6. The predicted molar refractivity (Wildman–Crippen MR) is 113 cm³/mol. The molecular weight excluding hydrogens is 446 g/mol. The van der Waals surface area contributed by atoms with Crippen LogP contribution in [0.1, 0.15) is 10.4 Å². The highest BCUT2D eigenvalue weighted by Crippen LogP contribution is 2.35. The number of oxazole rings is 1. The highest BCUT2D eigenvalue weighted by molar-refractivity contribution is 8.00. The maximum Gasteiger partial charge on any atom is 0.265 e. The first kappa shape index (κ1) is 20.5. The summed E-state index contributed by atoms with van der Waals surface area (Å²) in [4.78, 5) is 16.6. The van der Waals surface area contributed by atoms with E-state index in [1.807, 2.05) is 6.07 Å². The van der Waals surface area contributed by atoms with Crippen molar-refractivity contribution in [2.45, 2.75) is 15.0 Å². The van der Waals surface area contributed by atoms with E-state index in [1.165, 1.54) is 30.5 Å². The minimum absolute atomic E-state index is 0.0139. The van der Waals surface area contributed by atoms with Gasteiger partial charge in [-0.05, 0) is 36.4 Å². The van der Waals surface area contributed by atoms with Crippen molar-refractivity contribution in [3.63, 3.8) is 0 Å². The Morgan fingerprint density at radius 3 is 2.40 bits per heavy atom. The molecule has 4 aromatic rings. The summed E-state index contributed by atoms with van der Waals surface area (Å²) in [5.41, 5.74) is 0.526. The monoisotopic (exact) mass is 459 g/mol. The van der Waals surface area contributed by atoms with Gasteiger partial charge in [-0.1, -0.05) is 53.7 Å². The van der Waals surface area contributed by atoms with Gasteiger partial charge >= 0.3 is 0 Å². The number of carbonyl (C=O) groups is 1. The third kappa shape index (κ3) is 4.21.